The van der Waals surface area contributed by atoms with E-state index < -0.39 is 12.2 Å². The van der Waals surface area contributed by atoms with Gasteiger partial charge in [-0.25, -0.2) is 0 Å². The summed E-state index contributed by atoms with van der Waals surface area (Å²) in [6.07, 6.45) is -4.34. The minimum Gasteiger partial charge on any atom is -0.493 e. The Hall–Kier alpha value is -0.890. The minimum absolute atomic E-state index is 0. The molecule has 1 fully saturated rings. The number of hydrogen-bond acceptors (Lipinski definition) is 4. The fraction of sp³-hybridized carbons (Fsp3) is 0.600. The van der Waals surface area contributed by atoms with Gasteiger partial charge < -0.3 is 14.8 Å². The van der Waals surface area contributed by atoms with E-state index in [1.165, 1.54) is 30.2 Å². The molecule has 0 saturated carbocycles. The highest BCUT2D eigenvalue weighted by Crippen LogP contribution is 2.40. The summed E-state index contributed by atoms with van der Waals surface area (Å²) in [5.41, 5.74) is 0.179. The van der Waals surface area contributed by atoms with Crippen LogP contribution in [0, 0.1) is 0 Å². The number of rotatable bonds is 5. The molecule has 1 heterocycles. The van der Waals surface area contributed by atoms with Crippen LogP contribution in [0.3, 0.4) is 0 Å². The molecule has 24 heavy (non-hydrogen) atoms. The van der Waals surface area contributed by atoms with E-state index in [-0.39, 0.29) is 30.4 Å². The first-order chi connectivity index (χ1) is 10.5. The summed E-state index contributed by atoms with van der Waals surface area (Å²) in [6, 6.07) is 2.80. The molecule has 2 rings (SSSR count). The van der Waals surface area contributed by atoms with E-state index in [2.05, 4.69) is 5.32 Å². The van der Waals surface area contributed by atoms with Gasteiger partial charge in [-0.3, -0.25) is 4.90 Å². The van der Waals surface area contributed by atoms with Gasteiger partial charge >= 0.3 is 6.18 Å². The largest absolute Gasteiger partial charge is 0.493 e. The van der Waals surface area contributed by atoms with Crippen molar-refractivity contribution in [1.82, 2.24) is 10.2 Å². The van der Waals surface area contributed by atoms with E-state index in [1.807, 2.05) is 0 Å². The third-order valence-electron chi connectivity index (χ3n) is 3.63. The molecule has 1 aromatic carbocycles. The lowest BCUT2D eigenvalue weighted by atomic mass is 10.0. The maximum absolute atomic E-state index is 13.6. The Morgan fingerprint density at radius 2 is 1.79 bits per heavy atom. The molecule has 1 aromatic rings. The standard InChI is InChI=1S/C15H21F3N2O2.2ClH/c1-3-22-13-10-11(4-5-12(13)21-2)14(15(16,17)18)20-8-6-19-7-9-20;;/h4-5,10,14,19H,3,6-9H2,1-2H3;2*1H/t14-;;/m0../s1. The van der Waals surface area contributed by atoms with E-state index >= 15 is 0 Å². The predicted molar refractivity (Wildman–Crippen MR) is 91.9 cm³/mol. The molecule has 0 unspecified atom stereocenters. The van der Waals surface area contributed by atoms with Gasteiger partial charge in [0.1, 0.15) is 6.04 Å². The molecule has 0 amide bonds. The van der Waals surface area contributed by atoms with Crippen LogP contribution in [0.2, 0.25) is 0 Å². The Labute approximate surface area is 152 Å². The molecule has 1 N–H and O–H groups in total. The van der Waals surface area contributed by atoms with Crippen molar-refractivity contribution < 1.29 is 22.6 Å². The van der Waals surface area contributed by atoms with Gasteiger partial charge in [0.05, 0.1) is 13.7 Å². The molecule has 0 aromatic heterocycles. The molecule has 1 aliphatic rings. The molecular weight excluding hydrogens is 368 g/mol. The second-order valence-electron chi connectivity index (χ2n) is 5.07. The van der Waals surface area contributed by atoms with Crippen molar-refractivity contribution in [1.29, 1.82) is 0 Å². The second-order valence-corrected chi connectivity index (χ2v) is 5.07. The lowest BCUT2D eigenvalue weighted by molar-refractivity contribution is -0.187. The maximum Gasteiger partial charge on any atom is 0.408 e. The molecule has 1 aliphatic heterocycles. The van der Waals surface area contributed by atoms with Gasteiger partial charge in [0.25, 0.3) is 0 Å². The third kappa shape index (κ3) is 5.58. The average molecular weight is 391 g/mol. The molecule has 1 atom stereocenters. The number of nitrogens with zero attached hydrogens (tertiary/aromatic N) is 1. The van der Waals surface area contributed by atoms with Gasteiger partial charge in [-0.1, -0.05) is 6.07 Å². The third-order valence-corrected chi connectivity index (χ3v) is 3.63. The zero-order chi connectivity index (χ0) is 16.2. The van der Waals surface area contributed by atoms with Crippen molar-refractivity contribution in [3.63, 3.8) is 0 Å². The van der Waals surface area contributed by atoms with Crippen LogP contribution in [-0.4, -0.2) is 51.0 Å². The average Bonchev–Trinajstić information content (AvgIpc) is 2.48. The van der Waals surface area contributed by atoms with Crippen molar-refractivity contribution in [2.24, 2.45) is 0 Å². The first kappa shape index (κ1) is 23.1. The highest BCUT2D eigenvalue weighted by Gasteiger charge is 2.45. The van der Waals surface area contributed by atoms with Crippen LogP contribution >= 0.6 is 24.8 Å². The zero-order valence-electron chi connectivity index (χ0n) is 13.6. The molecule has 140 valence electrons. The SMILES string of the molecule is CCOc1cc([C@H](N2CCNCC2)C(F)(F)F)ccc1OC.Cl.Cl. The molecular formula is C15H23Cl2F3N2O2. The van der Waals surface area contributed by atoms with E-state index in [0.717, 1.165) is 0 Å². The van der Waals surface area contributed by atoms with Crippen molar-refractivity contribution in [2.45, 2.75) is 19.1 Å². The molecule has 0 spiro atoms. The molecule has 4 nitrogen and oxygen atoms in total. The summed E-state index contributed by atoms with van der Waals surface area (Å²) in [5, 5.41) is 3.07. The first-order valence-corrected chi connectivity index (χ1v) is 7.29. The molecule has 0 radical (unpaired) electrons. The Kier molecular flexibility index (Phi) is 9.80. The number of nitrogens with one attached hydrogen (secondary N) is 1. The van der Waals surface area contributed by atoms with Crippen molar-refractivity contribution in [3.05, 3.63) is 23.8 Å². The minimum atomic E-state index is -4.34. The van der Waals surface area contributed by atoms with Gasteiger partial charge in [0, 0.05) is 26.2 Å². The number of halogens is 5. The van der Waals surface area contributed by atoms with Crippen LogP contribution in [0.1, 0.15) is 18.5 Å². The number of piperazine rings is 1. The number of hydrogen-bond donors (Lipinski definition) is 1. The Morgan fingerprint density at radius 3 is 2.29 bits per heavy atom. The fourth-order valence-corrected chi connectivity index (χ4v) is 2.68. The van der Waals surface area contributed by atoms with Crippen molar-refractivity contribution >= 4 is 24.8 Å². The summed E-state index contributed by atoms with van der Waals surface area (Å²) < 4.78 is 51.2. The molecule has 0 aliphatic carbocycles. The highest BCUT2D eigenvalue weighted by atomic mass is 35.5. The lowest BCUT2D eigenvalue weighted by Gasteiger charge is -2.36. The fourth-order valence-electron chi connectivity index (χ4n) is 2.68. The lowest BCUT2D eigenvalue weighted by Crippen LogP contribution is -2.49. The number of alkyl halides is 3. The summed E-state index contributed by atoms with van der Waals surface area (Å²) in [6.45, 7) is 3.98. The van der Waals surface area contributed by atoms with Crippen LogP contribution in [0.15, 0.2) is 18.2 Å². The van der Waals surface area contributed by atoms with Gasteiger partial charge in [-0.2, -0.15) is 13.2 Å². The maximum atomic E-state index is 13.6. The molecule has 0 bridgehead atoms. The normalized spacial score (nSPS) is 16.5. The van der Waals surface area contributed by atoms with Gasteiger partial charge in [-0.05, 0) is 24.6 Å². The Morgan fingerprint density at radius 1 is 1.17 bits per heavy atom. The van der Waals surface area contributed by atoms with E-state index in [1.54, 1.807) is 6.92 Å². The van der Waals surface area contributed by atoms with Crippen LogP contribution in [0.5, 0.6) is 11.5 Å². The van der Waals surface area contributed by atoms with Crippen molar-refractivity contribution in [2.75, 3.05) is 39.9 Å². The summed E-state index contributed by atoms with van der Waals surface area (Å²) in [7, 11) is 1.47. The van der Waals surface area contributed by atoms with Crippen LogP contribution in [-0.2, 0) is 0 Å². The Balaban J connectivity index is 0.00000264. The number of ether oxygens (including phenoxy) is 2. The summed E-state index contributed by atoms with van der Waals surface area (Å²) in [5.74, 6) is 0.777. The summed E-state index contributed by atoms with van der Waals surface area (Å²) in [4.78, 5) is 1.45. The topological polar surface area (TPSA) is 33.7 Å². The van der Waals surface area contributed by atoms with Gasteiger partial charge in [0.2, 0.25) is 0 Å². The van der Waals surface area contributed by atoms with E-state index in [0.29, 0.717) is 44.3 Å². The van der Waals surface area contributed by atoms with Gasteiger partial charge in [-0.15, -0.1) is 24.8 Å². The second kappa shape index (κ2) is 10.2. The van der Waals surface area contributed by atoms with Crippen LogP contribution in [0.25, 0.3) is 0 Å². The van der Waals surface area contributed by atoms with Gasteiger partial charge in [0.15, 0.2) is 11.5 Å². The number of benzene rings is 1. The van der Waals surface area contributed by atoms with Crippen LogP contribution in [0.4, 0.5) is 13.2 Å². The summed E-state index contributed by atoms with van der Waals surface area (Å²) >= 11 is 0. The first-order valence-electron chi connectivity index (χ1n) is 7.29. The zero-order valence-corrected chi connectivity index (χ0v) is 15.2. The quantitative estimate of drug-likeness (QED) is 0.834. The smallest absolute Gasteiger partial charge is 0.408 e. The predicted octanol–water partition coefficient (Wildman–Crippen LogP) is 3.45. The monoisotopic (exact) mass is 390 g/mol. The van der Waals surface area contributed by atoms with Crippen LogP contribution < -0.4 is 14.8 Å². The highest BCUT2D eigenvalue weighted by molar-refractivity contribution is 5.85. The number of methoxy groups -OCH3 is 1. The van der Waals surface area contributed by atoms with E-state index in [4.69, 9.17) is 9.47 Å². The Bertz CT molecular complexity index is 498. The molecule has 9 heteroatoms. The van der Waals surface area contributed by atoms with Crippen molar-refractivity contribution in [3.8, 4) is 11.5 Å². The van der Waals surface area contributed by atoms with E-state index in [9.17, 15) is 13.2 Å². The molecule has 1 saturated heterocycles.